The van der Waals surface area contributed by atoms with Gasteiger partial charge in [-0.05, 0) is 18.6 Å². The van der Waals surface area contributed by atoms with Crippen molar-refractivity contribution in [1.82, 2.24) is 19.6 Å². The molecule has 0 bridgehead atoms. The summed E-state index contributed by atoms with van der Waals surface area (Å²) in [6.45, 7) is 3.97. The summed E-state index contributed by atoms with van der Waals surface area (Å²) in [7, 11) is 0. The lowest BCUT2D eigenvalue weighted by Crippen LogP contribution is -3.00. The zero-order valence-electron chi connectivity index (χ0n) is 11.5. The molecule has 1 aromatic carbocycles. The van der Waals surface area contributed by atoms with Crippen LogP contribution in [0, 0.1) is 0 Å². The first-order valence-electron chi connectivity index (χ1n) is 6.70. The van der Waals surface area contributed by atoms with Crippen LogP contribution in [0.3, 0.4) is 0 Å². The van der Waals surface area contributed by atoms with Gasteiger partial charge in [0.2, 0.25) is 6.33 Å². The van der Waals surface area contributed by atoms with Crippen LogP contribution in [0.2, 0.25) is 0 Å². The van der Waals surface area contributed by atoms with E-state index in [1.165, 1.54) is 12.8 Å². The number of aryl methyl sites for hydroxylation is 1. The number of hydrogen-bond acceptors (Lipinski definition) is 2. The predicted molar refractivity (Wildman–Crippen MR) is 72.5 cm³/mol. The molecule has 0 aliphatic rings. The van der Waals surface area contributed by atoms with Gasteiger partial charge in [0.25, 0.3) is 0 Å². The molecule has 0 radical (unpaired) electrons. The SMILES string of the molecule is CCCCn1cc[n+](Cn2nnc3ccccc32)c1.[Cl-]. The van der Waals surface area contributed by atoms with Gasteiger partial charge in [0.05, 0.1) is 12.1 Å². The van der Waals surface area contributed by atoms with Gasteiger partial charge in [-0.1, -0.05) is 30.7 Å². The number of nitrogens with zero attached hydrogens (tertiary/aromatic N) is 5. The molecular weight excluding hydrogens is 274 g/mol. The summed E-state index contributed by atoms with van der Waals surface area (Å²) in [5.74, 6) is 0. The first-order chi connectivity index (χ1) is 9.36. The first kappa shape index (κ1) is 14.5. The number of aromatic nitrogens is 5. The van der Waals surface area contributed by atoms with Crippen LogP contribution in [0.1, 0.15) is 19.8 Å². The van der Waals surface area contributed by atoms with E-state index in [9.17, 15) is 0 Å². The monoisotopic (exact) mass is 291 g/mol. The molecule has 2 heterocycles. The van der Waals surface area contributed by atoms with Gasteiger partial charge in [0, 0.05) is 0 Å². The third-order valence-corrected chi connectivity index (χ3v) is 3.23. The van der Waals surface area contributed by atoms with Crippen molar-refractivity contribution < 1.29 is 17.0 Å². The average molecular weight is 292 g/mol. The molecule has 0 amide bonds. The van der Waals surface area contributed by atoms with Crippen molar-refractivity contribution in [3.05, 3.63) is 43.0 Å². The van der Waals surface area contributed by atoms with Crippen LogP contribution >= 0.6 is 0 Å². The summed E-state index contributed by atoms with van der Waals surface area (Å²) >= 11 is 0. The molecule has 3 rings (SSSR count). The molecule has 3 aromatic rings. The van der Waals surface area contributed by atoms with Crippen LogP contribution in [-0.2, 0) is 13.2 Å². The number of hydrogen-bond donors (Lipinski definition) is 0. The minimum Gasteiger partial charge on any atom is -1.00 e. The summed E-state index contributed by atoms with van der Waals surface area (Å²) in [5.41, 5.74) is 2.00. The van der Waals surface area contributed by atoms with Gasteiger partial charge >= 0.3 is 0 Å². The second-order valence-electron chi connectivity index (χ2n) is 4.74. The highest BCUT2D eigenvalue weighted by molar-refractivity contribution is 5.73. The molecule has 5 nitrogen and oxygen atoms in total. The minimum absolute atomic E-state index is 0. The highest BCUT2D eigenvalue weighted by atomic mass is 35.5. The van der Waals surface area contributed by atoms with Crippen molar-refractivity contribution in [1.29, 1.82) is 0 Å². The van der Waals surface area contributed by atoms with Gasteiger partial charge in [-0.25, -0.2) is 13.8 Å². The molecule has 6 heteroatoms. The fourth-order valence-corrected chi connectivity index (χ4v) is 2.17. The number of benzene rings is 1. The quantitative estimate of drug-likeness (QED) is 0.556. The minimum atomic E-state index is 0. The van der Waals surface area contributed by atoms with Crippen LogP contribution < -0.4 is 17.0 Å². The molecule has 0 saturated heterocycles. The van der Waals surface area contributed by atoms with Crippen LogP contribution in [0.4, 0.5) is 0 Å². The Morgan fingerprint density at radius 2 is 2.10 bits per heavy atom. The van der Waals surface area contributed by atoms with E-state index in [0.29, 0.717) is 6.67 Å². The fourth-order valence-electron chi connectivity index (χ4n) is 2.17. The van der Waals surface area contributed by atoms with E-state index in [1.54, 1.807) is 0 Å². The topological polar surface area (TPSA) is 39.5 Å². The summed E-state index contributed by atoms with van der Waals surface area (Å²) in [5, 5.41) is 8.36. The maximum Gasteiger partial charge on any atom is 0.245 e. The third-order valence-electron chi connectivity index (χ3n) is 3.23. The number of halogens is 1. The number of imidazole rings is 1. The summed E-state index contributed by atoms with van der Waals surface area (Å²) in [6.07, 6.45) is 8.72. The van der Waals surface area contributed by atoms with Gasteiger partial charge in [-0.3, -0.25) is 0 Å². The molecule has 0 atom stereocenters. The molecule has 106 valence electrons. The molecule has 0 unspecified atom stereocenters. The fraction of sp³-hybridized carbons (Fsp3) is 0.357. The maximum atomic E-state index is 4.20. The third kappa shape index (κ3) is 2.99. The Labute approximate surface area is 124 Å². The lowest BCUT2D eigenvalue weighted by molar-refractivity contribution is -0.701. The van der Waals surface area contributed by atoms with E-state index < -0.39 is 0 Å². The molecule has 0 fully saturated rings. The zero-order chi connectivity index (χ0) is 13.1. The molecule has 0 spiro atoms. The van der Waals surface area contributed by atoms with E-state index >= 15 is 0 Å². The Balaban J connectivity index is 0.00000147. The van der Waals surface area contributed by atoms with Gasteiger partial charge < -0.3 is 12.4 Å². The van der Waals surface area contributed by atoms with Crippen LogP contribution in [0.5, 0.6) is 0 Å². The van der Waals surface area contributed by atoms with E-state index in [-0.39, 0.29) is 12.4 Å². The van der Waals surface area contributed by atoms with E-state index in [0.717, 1.165) is 17.6 Å². The van der Waals surface area contributed by atoms with Crippen molar-refractivity contribution in [2.45, 2.75) is 33.0 Å². The van der Waals surface area contributed by atoms with Gasteiger partial charge in [0.1, 0.15) is 17.9 Å². The first-order valence-corrected chi connectivity index (χ1v) is 6.70. The molecule has 0 saturated carbocycles. The van der Waals surface area contributed by atoms with Crippen LogP contribution in [-0.4, -0.2) is 19.6 Å². The second kappa shape index (κ2) is 6.52. The lowest BCUT2D eigenvalue weighted by atomic mass is 10.3. The van der Waals surface area contributed by atoms with Crippen molar-refractivity contribution in [2.75, 3.05) is 0 Å². The van der Waals surface area contributed by atoms with Crippen molar-refractivity contribution in [3.8, 4) is 0 Å². The van der Waals surface area contributed by atoms with E-state index in [4.69, 9.17) is 0 Å². The lowest BCUT2D eigenvalue weighted by Gasteiger charge is -1.98. The Kier molecular flexibility index (Phi) is 4.74. The maximum absolute atomic E-state index is 4.20. The van der Waals surface area contributed by atoms with E-state index in [2.05, 4.69) is 45.1 Å². The predicted octanol–water partition coefficient (Wildman–Crippen LogP) is -1.17. The van der Waals surface area contributed by atoms with Crippen molar-refractivity contribution >= 4 is 11.0 Å². The molecule has 0 N–H and O–H groups in total. The van der Waals surface area contributed by atoms with Crippen molar-refractivity contribution in [2.24, 2.45) is 0 Å². The molecule has 2 aromatic heterocycles. The Morgan fingerprint density at radius 3 is 2.95 bits per heavy atom. The summed E-state index contributed by atoms with van der Waals surface area (Å²) < 4.78 is 6.25. The van der Waals surface area contributed by atoms with Gasteiger partial charge in [-0.2, -0.15) is 0 Å². The standard InChI is InChI=1S/C14H18N5.ClH/c1-2-3-8-17-9-10-18(11-17)12-19-14-7-5-4-6-13(14)15-16-19;/h4-7,9-11H,2-3,8,12H2,1H3;1H/q+1;/p-1. The largest absolute Gasteiger partial charge is 1.00 e. The second-order valence-corrected chi connectivity index (χ2v) is 4.74. The molecule has 0 aliphatic carbocycles. The Bertz CT molecular complexity index is 673. The highest BCUT2D eigenvalue weighted by Gasteiger charge is 2.08. The molecule has 20 heavy (non-hydrogen) atoms. The van der Waals surface area contributed by atoms with Crippen LogP contribution in [0.25, 0.3) is 11.0 Å². The average Bonchev–Trinajstić information content (AvgIpc) is 3.05. The summed E-state index contributed by atoms with van der Waals surface area (Å²) in [6, 6.07) is 8.02. The van der Waals surface area contributed by atoms with Gasteiger partial charge in [0.15, 0.2) is 6.67 Å². The normalized spacial score (nSPS) is 10.7. The van der Waals surface area contributed by atoms with Crippen molar-refractivity contribution in [3.63, 3.8) is 0 Å². The number of rotatable bonds is 5. The van der Waals surface area contributed by atoms with E-state index in [1.807, 2.05) is 28.9 Å². The zero-order valence-corrected chi connectivity index (χ0v) is 12.2. The van der Waals surface area contributed by atoms with Crippen LogP contribution in [0.15, 0.2) is 43.0 Å². The number of fused-ring (bicyclic) bond motifs is 1. The number of unbranched alkanes of at least 4 members (excludes halogenated alkanes) is 1. The highest BCUT2D eigenvalue weighted by Crippen LogP contribution is 2.08. The smallest absolute Gasteiger partial charge is 0.245 e. The molecule has 0 aliphatic heterocycles. The molecular formula is C14H18ClN5. The number of para-hydroxylation sites is 1. The Morgan fingerprint density at radius 1 is 1.25 bits per heavy atom. The summed E-state index contributed by atoms with van der Waals surface area (Å²) in [4.78, 5) is 0. The Hall–Kier alpha value is -1.88. The van der Waals surface area contributed by atoms with Gasteiger partial charge in [-0.15, -0.1) is 5.10 Å².